The second-order valence-corrected chi connectivity index (χ2v) is 5.51. The Morgan fingerprint density at radius 1 is 1.30 bits per heavy atom. The van der Waals surface area contributed by atoms with E-state index in [2.05, 4.69) is 10.3 Å². The van der Waals surface area contributed by atoms with Gasteiger partial charge in [0.15, 0.2) is 0 Å². The van der Waals surface area contributed by atoms with Gasteiger partial charge in [-0.2, -0.15) is 0 Å². The first kappa shape index (κ1) is 15.3. The fourth-order valence-corrected chi connectivity index (χ4v) is 2.70. The number of nitrogens with zero attached hydrogens (tertiary/aromatic N) is 4. The predicted octanol–water partition coefficient (Wildman–Crippen LogP) is 1.31. The van der Waals surface area contributed by atoms with Crippen molar-refractivity contribution in [1.82, 2.24) is 19.9 Å². The second-order valence-electron chi connectivity index (χ2n) is 5.51. The van der Waals surface area contributed by atoms with Crippen LogP contribution < -0.4 is 9.47 Å². The topological polar surface area (TPSA) is 69.5 Å². The van der Waals surface area contributed by atoms with Crippen molar-refractivity contribution in [3.05, 3.63) is 36.2 Å². The lowest BCUT2D eigenvalue weighted by molar-refractivity contribution is -0.137. The Hall–Kier alpha value is -2.57. The molecule has 7 nitrogen and oxygen atoms in total. The minimum atomic E-state index is 0.152. The average Bonchev–Trinajstić information content (AvgIpc) is 3.05. The Bertz CT molecular complexity index is 666. The van der Waals surface area contributed by atoms with Crippen LogP contribution in [0.25, 0.3) is 0 Å². The number of ether oxygens (including phenoxy) is 2. The van der Waals surface area contributed by atoms with Gasteiger partial charge in [0.05, 0.1) is 26.5 Å². The van der Waals surface area contributed by atoms with Gasteiger partial charge in [0.25, 0.3) is 0 Å². The van der Waals surface area contributed by atoms with E-state index in [0.717, 1.165) is 17.1 Å². The average molecular weight is 316 g/mol. The van der Waals surface area contributed by atoms with E-state index in [4.69, 9.17) is 9.47 Å². The van der Waals surface area contributed by atoms with E-state index in [0.29, 0.717) is 25.9 Å². The van der Waals surface area contributed by atoms with Crippen LogP contribution in [-0.2, 0) is 11.2 Å². The van der Waals surface area contributed by atoms with Crippen molar-refractivity contribution in [1.29, 1.82) is 0 Å². The Kier molecular flexibility index (Phi) is 4.45. The van der Waals surface area contributed by atoms with Crippen LogP contribution in [0.4, 0.5) is 0 Å². The van der Waals surface area contributed by atoms with Crippen molar-refractivity contribution >= 4 is 5.91 Å². The SMILES string of the molecule is COc1ccc(CCC(=O)N2CC(n3ccnn3)C2)c(OC)c1. The summed E-state index contributed by atoms with van der Waals surface area (Å²) in [5.41, 5.74) is 1.01. The van der Waals surface area contributed by atoms with Gasteiger partial charge in [0.1, 0.15) is 11.5 Å². The molecule has 1 aromatic carbocycles. The summed E-state index contributed by atoms with van der Waals surface area (Å²) < 4.78 is 12.3. The highest BCUT2D eigenvalue weighted by Gasteiger charge is 2.32. The van der Waals surface area contributed by atoms with Crippen LogP contribution in [0.5, 0.6) is 11.5 Å². The quantitative estimate of drug-likeness (QED) is 0.804. The number of aryl methyl sites for hydroxylation is 1. The summed E-state index contributed by atoms with van der Waals surface area (Å²) in [4.78, 5) is 14.1. The molecule has 3 rings (SSSR count). The highest BCUT2D eigenvalue weighted by atomic mass is 16.5. The van der Waals surface area contributed by atoms with Crippen LogP contribution in [0, 0.1) is 0 Å². The van der Waals surface area contributed by atoms with Gasteiger partial charge in [-0.15, -0.1) is 5.10 Å². The van der Waals surface area contributed by atoms with Crippen molar-refractivity contribution in [2.45, 2.75) is 18.9 Å². The molecule has 0 aliphatic carbocycles. The van der Waals surface area contributed by atoms with E-state index in [9.17, 15) is 4.79 Å². The summed E-state index contributed by atoms with van der Waals surface area (Å²) in [5.74, 6) is 1.65. The van der Waals surface area contributed by atoms with Crippen LogP contribution in [-0.4, -0.2) is 53.1 Å². The summed E-state index contributed by atoms with van der Waals surface area (Å²) in [7, 11) is 3.24. The highest BCUT2D eigenvalue weighted by Crippen LogP contribution is 2.26. The molecular weight excluding hydrogens is 296 g/mol. The van der Waals surface area contributed by atoms with Gasteiger partial charge in [-0.3, -0.25) is 4.79 Å². The molecule has 0 radical (unpaired) electrons. The van der Waals surface area contributed by atoms with E-state index in [-0.39, 0.29) is 11.9 Å². The van der Waals surface area contributed by atoms with Crippen LogP contribution in [0.1, 0.15) is 18.0 Å². The molecule has 0 bridgehead atoms. The Morgan fingerprint density at radius 3 is 2.78 bits per heavy atom. The first-order chi connectivity index (χ1) is 11.2. The maximum atomic E-state index is 12.3. The second kappa shape index (κ2) is 6.68. The number of hydrogen-bond donors (Lipinski definition) is 0. The molecule has 2 aromatic rings. The molecule has 1 aliphatic rings. The number of hydrogen-bond acceptors (Lipinski definition) is 5. The number of methoxy groups -OCH3 is 2. The third-order valence-corrected chi connectivity index (χ3v) is 4.13. The fourth-order valence-electron chi connectivity index (χ4n) is 2.70. The Labute approximate surface area is 134 Å². The molecule has 7 heteroatoms. The van der Waals surface area contributed by atoms with Crippen LogP contribution >= 0.6 is 0 Å². The van der Waals surface area contributed by atoms with Gasteiger partial charge in [0.2, 0.25) is 5.91 Å². The normalized spacial score (nSPS) is 14.4. The van der Waals surface area contributed by atoms with Crippen LogP contribution in [0.2, 0.25) is 0 Å². The zero-order chi connectivity index (χ0) is 16.2. The lowest BCUT2D eigenvalue weighted by atomic mass is 10.0. The Morgan fingerprint density at radius 2 is 2.13 bits per heavy atom. The number of carbonyl (C=O) groups excluding carboxylic acids is 1. The lowest BCUT2D eigenvalue weighted by Crippen LogP contribution is -2.50. The zero-order valence-corrected chi connectivity index (χ0v) is 13.3. The Balaban J connectivity index is 1.52. The minimum Gasteiger partial charge on any atom is -0.497 e. The largest absolute Gasteiger partial charge is 0.497 e. The first-order valence-electron chi connectivity index (χ1n) is 7.55. The molecule has 1 aromatic heterocycles. The summed E-state index contributed by atoms with van der Waals surface area (Å²) in [6.07, 6.45) is 4.60. The fraction of sp³-hybridized carbons (Fsp3) is 0.438. The van der Waals surface area contributed by atoms with E-state index in [1.54, 1.807) is 25.1 Å². The summed E-state index contributed by atoms with van der Waals surface area (Å²) >= 11 is 0. The standard InChI is InChI=1S/C16H20N4O3/c1-22-14-5-3-12(15(9-14)23-2)4-6-16(21)19-10-13(11-19)20-8-7-17-18-20/h3,5,7-9,13H,4,6,10-11H2,1-2H3. The summed E-state index contributed by atoms with van der Waals surface area (Å²) in [5, 5.41) is 7.75. The molecule has 0 saturated carbocycles. The molecule has 2 heterocycles. The van der Waals surface area contributed by atoms with E-state index in [1.165, 1.54) is 0 Å². The molecule has 0 N–H and O–H groups in total. The van der Waals surface area contributed by atoms with Gasteiger partial charge in [-0.1, -0.05) is 11.3 Å². The smallest absolute Gasteiger partial charge is 0.223 e. The maximum Gasteiger partial charge on any atom is 0.223 e. The molecule has 0 spiro atoms. The highest BCUT2D eigenvalue weighted by molar-refractivity contribution is 5.77. The molecule has 1 amide bonds. The molecule has 1 aliphatic heterocycles. The number of aromatic nitrogens is 3. The van der Waals surface area contributed by atoms with Gasteiger partial charge in [0, 0.05) is 31.8 Å². The third-order valence-electron chi connectivity index (χ3n) is 4.13. The molecule has 23 heavy (non-hydrogen) atoms. The summed E-state index contributed by atoms with van der Waals surface area (Å²) in [6.45, 7) is 1.39. The first-order valence-corrected chi connectivity index (χ1v) is 7.55. The van der Waals surface area contributed by atoms with Crippen molar-refractivity contribution in [2.75, 3.05) is 27.3 Å². The number of likely N-dealkylation sites (tertiary alicyclic amines) is 1. The maximum absolute atomic E-state index is 12.3. The molecule has 1 fully saturated rings. The molecule has 1 saturated heterocycles. The lowest BCUT2D eigenvalue weighted by Gasteiger charge is -2.39. The van der Waals surface area contributed by atoms with Gasteiger partial charge < -0.3 is 14.4 Å². The predicted molar refractivity (Wildman–Crippen MR) is 83.5 cm³/mol. The summed E-state index contributed by atoms with van der Waals surface area (Å²) in [6, 6.07) is 5.91. The van der Waals surface area contributed by atoms with Crippen LogP contribution in [0.15, 0.2) is 30.6 Å². The number of rotatable bonds is 6. The van der Waals surface area contributed by atoms with Crippen molar-refractivity contribution < 1.29 is 14.3 Å². The molecule has 122 valence electrons. The van der Waals surface area contributed by atoms with Crippen molar-refractivity contribution in [2.24, 2.45) is 0 Å². The van der Waals surface area contributed by atoms with E-state index < -0.39 is 0 Å². The van der Waals surface area contributed by atoms with Crippen molar-refractivity contribution in [3.8, 4) is 11.5 Å². The van der Waals surface area contributed by atoms with Crippen molar-refractivity contribution in [3.63, 3.8) is 0 Å². The number of benzene rings is 1. The zero-order valence-electron chi connectivity index (χ0n) is 13.3. The van der Waals surface area contributed by atoms with E-state index in [1.807, 2.05) is 29.3 Å². The molecule has 0 atom stereocenters. The van der Waals surface area contributed by atoms with Gasteiger partial charge in [-0.05, 0) is 18.1 Å². The monoisotopic (exact) mass is 316 g/mol. The molecule has 0 unspecified atom stereocenters. The minimum absolute atomic E-state index is 0.152. The molecular formula is C16H20N4O3. The van der Waals surface area contributed by atoms with Gasteiger partial charge >= 0.3 is 0 Å². The van der Waals surface area contributed by atoms with Gasteiger partial charge in [-0.25, -0.2) is 4.68 Å². The van der Waals surface area contributed by atoms with E-state index >= 15 is 0 Å². The third kappa shape index (κ3) is 3.28. The number of amides is 1. The number of carbonyl (C=O) groups is 1. The van der Waals surface area contributed by atoms with Crippen LogP contribution in [0.3, 0.4) is 0 Å².